The maximum atomic E-state index is 14.1. The number of pyridine rings is 1. The minimum atomic E-state index is -1.14. The van der Waals surface area contributed by atoms with Crippen LogP contribution in [0.5, 0.6) is 0 Å². The Morgan fingerprint density at radius 1 is 1.02 bits per heavy atom. The van der Waals surface area contributed by atoms with E-state index in [4.69, 9.17) is 0 Å². The molecule has 0 radical (unpaired) electrons. The van der Waals surface area contributed by atoms with Crippen molar-refractivity contribution in [1.29, 1.82) is 0 Å². The highest BCUT2D eigenvalue weighted by molar-refractivity contribution is 9.10. The van der Waals surface area contributed by atoms with Gasteiger partial charge >= 0.3 is 0 Å². The lowest BCUT2D eigenvalue weighted by Crippen LogP contribution is -2.53. The maximum Gasteiger partial charge on any atom is 0.277 e. The molecule has 2 fully saturated rings. The summed E-state index contributed by atoms with van der Waals surface area (Å²) < 4.78 is 3.65. The van der Waals surface area contributed by atoms with Gasteiger partial charge in [0, 0.05) is 55.5 Å². The summed E-state index contributed by atoms with van der Waals surface area (Å²) in [4.78, 5) is 54.5. The van der Waals surface area contributed by atoms with Crippen molar-refractivity contribution in [2.24, 2.45) is 5.92 Å². The normalized spacial score (nSPS) is 19.5. The largest absolute Gasteiger partial charge is 0.388 e. The highest BCUT2D eigenvalue weighted by atomic mass is 79.9. The molecule has 2 atom stereocenters. The van der Waals surface area contributed by atoms with Gasteiger partial charge < -0.3 is 14.9 Å². The number of thiazole rings is 1. The molecule has 11 nitrogen and oxygen atoms in total. The quantitative estimate of drug-likeness (QED) is 0.269. The third-order valence-electron chi connectivity index (χ3n) is 9.66. The topological polar surface area (TPSA) is 126 Å². The second kappa shape index (κ2) is 13.0. The van der Waals surface area contributed by atoms with Crippen LogP contribution in [0.4, 0.5) is 0 Å². The molecule has 0 unspecified atom stereocenters. The molecule has 0 aliphatic carbocycles. The predicted octanol–water partition coefficient (Wildman–Crippen LogP) is 4.69. The Hall–Kier alpha value is -4.20. The van der Waals surface area contributed by atoms with E-state index in [9.17, 15) is 19.5 Å². The highest BCUT2D eigenvalue weighted by Gasteiger charge is 2.42. The van der Waals surface area contributed by atoms with Crippen LogP contribution in [0.2, 0.25) is 0 Å². The number of aromatic nitrogens is 5. The minimum absolute atomic E-state index is 0.0411. The van der Waals surface area contributed by atoms with Crippen LogP contribution in [-0.4, -0.2) is 82.6 Å². The molecule has 1 N–H and O–H groups in total. The molecule has 13 heteroatoms. The molecular weight excluding hydrogens is 694 g/mol. The lowest BCUT2D eigenvalue weighted by atomic mass is 9.79. The zero-order valence-corrected chi connectivity index (χ0v) is 29.2. The Labute approximate surface area is 290 Å². The molecular formula is C35H36BrN7O4S. The molecule has 2 saturated heterocycles. The number of hydrogen-bond donors (Lipinski definition) is 1. The van der Waals surface area contributed by atoms with E-state index in [0.717, 1.165) is 21.8 Å². The van der Waals surface area contributed by atoms with Gasteiger partial charge in [0.15, 0.2) is 0 Å². The molecule has 0 spiro atoms. The number of amides is 2. The maximum absolute atomic E-state index is 14.1. The number of piperidine rings is 2. The van der Waals surface area contributed by atoms with E-state index in [1.54, 1.807) is 18.3 Å². The number of aliphatic hydroxyl groups is 1. The number of fused-ring (bicyclic) bond motifs is 1. The van der Waals surface area contributed by atoms with Gasteiger partial charge in [-0.05, 0) is 78.9 Å². The van der Waals surface area contributed by atoms with Gasteiger partial charge in [0.1, 0.15) is 26.3 Å². The number of carbonyl (C=O) groups excluding carboxylic acids is 2. The molecule has 4 aromatic heterocycles. The zero-order valence-electron chi connectivity index (χ0n) is 26.8. The van der Waals surface area contributed by atoms with E-state index in [-0.39, 0.29) is 35.8 Å². The van der Waals surface area contributed by atoms with Crippen LogP contribution in [-0.2, 0) is 11.3 Å². The van der Waals surface area contributed by atoms with Gasteiger partial charge in [-0.15, -0.1) is 11.3 Å². The molecule has 2 aliphatic rings. The number of nitrogens with zero attached hydrogens (tertiary/aromatic N) is 7. The summed E-state index contributed by atoms with van der Waals surface area (Å²) in [6, 6.07) is 17.3. The smallest absolute Gasteiger partial charge is 0.277 e. The van der Waals surface area contributed by atoms with E-state index < -0.39 is 5.60 Å². The van der Waals surface area contributed by atoms with E-state index >= 15 is 0 Å². The van der Waals surface area contributed by atoms with Crippen LogP contribution >= 0.6 is 27.3 Å². The first-order valence-electron chi connectivity index (χ1n) is 16.1. The van der Waals surface area contributed by atoms with Crippen LogP contribution in [0.25, 0.3) is 16.1 Å². The highest BCUT2D eigenvalue weighted by Crippen LogP contribution is 2.37. The first kappa shape index (κ1) is 32.4. The molecule has 2 aliphatic heterocycles. The van der Waals surface area contributed by atoms with Crippen molar-refractivity contribution >= 4 is 44.6 Å². The van der Waals surface area contributed by atoms with Gasteiger partial charge in [0.25, 0.3) is 11.5 Å². The third kappa shape index (κ3) is 6.22. The number of likely N-dealkylation sites (tertiary alicyclic amines) is 2. The van der Waals surface area contributed by atoms with E-state index in [1.165, 1.54) is 26.7 Å². The molecule has 248 valence electrons. The average molecular weight is 731 g/mol. The fourth-order valence-electron chi connectivity index (χ4n) is 6.89. The zero-order chi connectivity index (χ0) is 33.6. The molecule has 0 saturated carbocycles. The van der Waals surface area contributed by atoms with Crippen molar-refractivity contribution in [2.45, 2.75) is 51.2 Å². The standard InChI is InChI=1S/C35H36BrN7O4S/c1-22-8-9-25(18-37-22)31-39-23(2)30(48-31)34(46)41-15-12-26(27(19-41)24-6-4-3-5-7-24)32(44)40-16-13-35(47,14-17-40)20-42-21-38-43-28(33(42)45)10-11-29(43)36/h3-11,18,21,26-27,47H,12-17,19-20H2,1-2H3/t26-,27+/m1/s1. The summed E-state index contributed by atoms with van der Waals surface area (Å²) in [7, 11) is 0. The summed E-state index contributed by atoms with van der Waals surface area (Å²) in [5.41, 5.74) is 2.56. The van der Waals surface area contributed by atoms with E-state index in [0.29, 0.717) is 66.1 Å². The van der Waals surface area contributed by atoms with Crippen LogP contribution < -0.4 is 5.56 Å². The first-order chi connectivity index (χ1) is 23.1. The molecule has 7 rings (SSSR count). The second-order valence-corrected chi connectivity index (χ2v) is 14.7. The van der Waals surface area contributed by atoms with Gasteiger partial charge in [-0.25, -0.2) is 9.50 Å². The van der Waals surface area contributed by atoms with Gasteiger partial charge in [0.2, 0.25) is 5.91 Å². The first-order valence-corrected chi connectivity index (χ1v) is 17.7. The summed E-state index contributed by atoms with van der Waals surface area (Å²) in [6.45, 7) is 5.55. The van der Waals surface area contributed by atoms with Gasteiger partial charge in [-0.2, -0.15) is 5.10 Å². The summed E-state index contributed by atoms with van der Waals surface area (Å²) >= 11 is 4.76. The number of aryl methyl sites for hydroxylation is 2. The number of rotatable bonds is 6. The van der Waals surface area contributed by atoms with Gasteiger partial charge in [-0.1, -0.05) is 30.3 Å². The fraction of sp³-hybridized carbons (Fsp3) is 0.371. The summed E-state index contributed by atoms with van der Waals surface area (Å²) in [6.07, 6.45) is 4.45. The minimum Gasteiger partial charge on any atom is -0.388 e. The third-order valence-corrected chi connectivity index (χ3v) is 11.5. The summed E-state index contributed by atoms with van der Waals surface area (Å²) in [5.74, 6) is -0.508. The number of carbonyl (C=O) groups is 2. The Bertz CT molecular complexity index is 2030. The average Bonchev–Trinajstić information content (AvgIpc) is 3.68. The number of halogens is 1. The molecule has 6 heterocycles. The van der Waals surface area contributed by atoms with Crippen molar-refractivity contribution in [2.75, 3.05) is 26.2 Å². The molecule has 5 aromatic rings. The number of benzene rings is 1. The van der Waals surface area contributed by atoms with Crippen molar-refractivity contribution < 1.29 is 14.7 Å². The van der Waals surface area contributed by atoms with Crippen LogP contribution in [0.3, 0.4) is 0 Å². The Kier molecular flexibility index (Phi) is 8.77. The molecule has 48 heavy (non-hydrogen) atoms. The predicted molar refractivity (Wildman–Crippen MR) is 186 cm³/mol. The van der Waals surface area contributed by atoms with Crippen molar-refractivity contribution in [3.05, 3.63) is 104 Å². The van der Waals surface area contributed by atoms with Crippen LogP contribution in [0.1, 0.15) is 51.8 Å². The molecule has 0 bridgehead atoms. The lowest BCUT2D eigenvalue weighted by molar-refractivity contribution is -0.142. The van der Waals surface area contributed by atoms with Crippen molar-refractivity contribution in [1.82, 2.24) is 33.9 Å². The second-order valence-electron chi connectivity index (χ2n) is 12.9. The SMILES string of the molecule is Cc1ccc(-c2nc(C)c(C(=O)N3CC[C@@H](C(=O)N4CCC(O)(Cn5cnn6c(Br)ccc6c5=O)CC4)[C@H](c4ccccc4)C3)s2)cn1. The Balaban J connectivity index is 1.05. The fourth-order valence-corrected chi connectivity index (χ4v) is 8.33. The number of hydrogen-bond acceptors (Lipinski definition) is 8. The molecule has 1 aromatic carbocycles. The van der Waals surface area contributed by atoms with E-state index in [2.05, 4.69) is 31.0 Å². The van der Waals surface area contributed by atoms with Crippen LogP contribution in [0, 0.1) is 19.8 Å². The molecule has 2 amide bonds. The van der Waals surface area contributed by atoms with Crippen molar-refractivity contribution in [3.63, 3.8) is 0 Å². The lowest BCUT2D eigenvalue weighted by Gasteiger charge is -2.43. The van der Waals surface area contributed by atoms with E-state index in [1.807, 2.05) is 66.1 Å². The van der Waals surface area contributed by atoms with Gasteiger partial charge in [0.05, 0.1) is 17.8 Å². The van der Waals surface area contributed by atoms with Crippen molar-refractivity contribution in [3.8, 4) is 10.6 Å². The monoisotopic (exact) mass is 729 g/mol. The van der Waals surface area contributed by atoms with Gasteiger partial charge in [-0.3, -0.25) is 23.9 Å². The Morgan fingerprint density at radius 3 is 2.52 bits per heavy atom. The summed E-state index contributed by atoms with van der Waals surface area (Å²) in [5, 5.41) is 16.6. The Morgan fingerprint density at radius 2 is 1.79 bits per heavy atom. The van der Waals surface area contributed by atoms with Crippen LogP contribution in [0.15, 0.2) is 76.5 Å².